The maximum Gasteiger partial charge on any atom is 0.238 e. The summed E-state index contributed by atoms with van der Waals surface area (Å²) in [6, 6.07) is 67.3. The highest BCUT2D eigenvalue weighted by molar-refractivity contribution is 6.29. The second-order valence-electron chi connectivity index (χ2n) is 15.5. The van der Waals surface area contributed by atoms with E-state index in [4.69, 9.17) is 23.8 Å². The summed E-state index contributed by atoms with van der Waals surface area (Å²) in [7, 11) is 0. The Morgan fingerprint density at radius 3 is 1.80 bits per heavy atom. The fraction of sp³-hybridized carbons (Fsp3) is 0. The van der Waals surface area contributed by atoms with Crippen molar-refractivity contribution in [3.05, 3.63) is 194 Å². The van der Waals surface area contributed by atoms with Gasteiger partial charge in [-0.05, 0) is 81.6 Å². The van der Waals surface area contributed by atoms with Gasteiger partial charge in [-0.15, -0.1) is 0 Å². The average Bonchev–Trinajstić information content (AvgIpc) is 4.01. The molecule has 0 saturated heterocycles. The van der Waals surface area contributed by atoms with Crippen molar-refractivity contribution >= 4 is 76.5 Å². The van der Waals surface area contributed by atoms with E-state index < -0.39 is 0 Å². The molecule has 0 radical (unpaired) electrons. The van der Waals surface area contributed by atoms with E-state index in [1.807, 2.05) is 48.5 Å². The van der Waals surface area contributed by atoms with E-state index in [0.717, 1.165) is 110 Å². The van der Waals surface area contributed by atoms with Crippen molar-refractivity contribution in [2.24, 2.45) is 0 Å². The summed E-state index contributed by atoms with van der Waals surface area (Å²) in [4.78, 5) is 15.5. The zero-order valence-corrected chi connectivity index (χ0v) is 32.6. The third-order valence-electron chi connectivity index (χ3n) is 12.1. The van der Waals surface area contributed by atoms with Gasteiger partial charge in [0.15, 0.2) is 11.6 Å². The Hall–Kier alpha value is -8.35. The quantitative estimate of drug-likeness (QED) is 0.174. The van der Waals surface area contributed by atoms with E-state index in [2.05, 4.69) is 150 Å². The van der Waals surface area contributed by atoms with E-state index >= 15 is 0 Å². The molecule has 0 atom stereocenters. The van der Waals surface area contributed by atoms with Crippen LogP contribution in [0.25, 0.3) is 127 Å². The van der Waals surface area contributed by atoms with Crippen molar-refractivity contribution in [3.8, 4) is 51.0 Å². The lowest BCUT2D eigenvalue weighted by molar-refractivity contribution is 0.669. The SMILES string of the molecule is c1ccc(-c2cccc(-c3nc(-c4ccccc4)nc(-n4c5ccccc5c5c6oc7cc(-c8ccc9c(c8)oc8ccccc89)c8ccccc8c7c6ccc54)n3)c2)cc1. The van der Waals surface area contributed by atoms with Gasteiger partial charge in [0, 0.05) is 38.1 Å². The van der Waals surface area contributed by atoms with E-state index in [9.17, 15) is 0 Å². The average molecular weight is 781 g/mol. The van der Waals surface area contributed by atoms with Crippen LogP contribution in [-0.2, 0) is 0 Å². The van der Waals surface area contributed by atoms with Gasteiger partial charge >= 0.3 is 0 Å². The summed E-state index contributed by atoms with van der Waals surface area (Å²) in [5, 5.41) is 8.71. The zero-order chi connectivity index (χ0) is 40.0. The molecular formula is C55H32N4O2. The van der Waals surface area contributed by atoms with Crippen molar-refractivity contribution in [1.29, 1.82) is 0 Å². The number of hydrogen-bond acceptors (Lipinski definition) is 5. The summed E-state index contributed by atoms with van der Waals surface area (Å²) in [5.74, 6) is 1.72. The maximum atomic E-state index is 7.08. The van der Waals surface area contributed by atoms with Crippen LogP contribution in [0.3, 0.4) is 0 Å². The minimum Gasteiger partial charge on any atom is -0.456 e. The molecule has 0 amide bonds. The summed E-state index contributed by atoms with van der Waals surface area (Å²) < 4.78 is 15.6. The maximum absolute atomic E-state index is 7.08. The lowest BCUT2D eigenvalue weighted by Crippen LogP contribution is -2.06. The van der Waals surface area contributed by atoms with Gasteiger partial charge < -0.3 is 8.83 Å². The smallest absolute Gasteiger partial charge is 0.238 e. The van der Waals surface area contributed by atoms with Crippen LogP contribution in [0, 0.1) is 0 Å². The van der Waals surface area contributed by atoms with Gasteiger partial charge in [-0.1, -0.05) is 146 Å². The molecule has 0 unspecified atom stereocenters. The van der Waals surface area contributed by atoms with Crippen molar-refractivity contribution in [2.75, 3.05) is 0 Å². The van der Waals surface area contributed by atoms with Gasteiger partial charge in [-0.3, -0.25) is 4.57 Å². The van der Waals surface area contributed by atoms with Crippen LogP contribution in [0.2, 0.25) is 0 Å². The highest BCUT2D eigenvalue weighted by Gasteiger charge is 2.23. The Morgan fingerprint density at radius 2 is 0.967 bits per heavy atom. The molecule has 0 N–H and O–H groups in total. The van der Waals surface area contributed by atoms with Gasteiger partial charge in [-0.2, -0.15) is 9.97 Å². The molecule has 6 heteroatoms. The lowest BCUT2D eigenvalue weighted by atomic mass is 9.94. The summed E-state index contributed by atoms with van der Waals surface area (Å²) in [6.45, 7) is 0. The summed E-state index contributed by atoms with van der Waals surface area (Å²) >= 11 is 0. The topological polar surface area (TPSA) is 69.9 Å². The third-order valence-corrected chi connectivity index (χ3v) is 12.1. The molecule has 0 spiro atoms. The fourth-order valence-electron chi connectivity index (χ4n) is 9.28. The van der Waals surface area contributed by atoms with Crippen molar-refractivity contribution in [2.45, 2.75) is 0 Å². The first-order valence-electron chi connectivity index (χ1n) is 20.4. The van der Waals surface area contributed by atoms with E-state index in [-0.39, 0.29) is 0 Å². The molecule has 0 aliphatic heterocycles. The minimum atomic E-state index is 0.532. The highest BCUT2D eigenvalue weighted by Crippen LogP contribution is 2.45. The summed E-state index contributed by atoms with van der Waals surface area (Å²) in [6.07, 6.45) is 0. The van der Waals surface area contributed by atoms with Crippen LogP contribution < -0.4 is 0 Å². The molecule has 61 heavy (non-hydrogen) atoms. The first-order chi connectivity index (χ1) is 30.2. The highest BCUT2D eigenvalue weighted by atomic mass is 16.3. The molecule has 4 aromatic heterocycles. The van der Waals surface area contributed by atoms with E-state index in [1.165, 1.54) is 0 Å². The largest absolute Gasteiger partial charge is 0.456 e. The van der Waals surface area contributed by atoms with Crippen molar-refractivity contribution in [1.82, 2.24) is 19.5 Å². The molecule has 0 fully saturated rings. The van der Waals surface area contributed by atoms with Crippen LogP contribution >= 0.6 is 0 Å². The zero-order valence-electron chi connectivity index (χ0n) is 32.6. The molecule has 4 heterocycles. The van der Waals surface area contributed by atoms with Crippen LogP contribution in [0.4, 0.5) is 0 Å². The molecule has 13 aromatic rings. The number of nitrogens with zero attached hydrogens (tertiary/aromatic N) is 4. The van der Waals surface area contributed by atoms with Gasteiger partial charge in [0.2, 0.25) is 5.95 Å². The Bertz CT molecular complexity index is 3880. The number of rotatable bonds is 5. The van der Waals surface area contributed by atoms with Crippen LogP contribution in [0.1, 0.15) is 0 Å². The number of furan rings is 2. The van der Waals surface area contributed by atoms with Gasteiger partial charge in [0.25, 0.3) is 0 Å². The Balaban J connectivity index is 1.05. The second kappa shape index (κ2) is 13.1. The van der Waals surface area contributed by atoms with Crippen LogP contribution in [0.5, 0.6) is 0 Å². The number of para-hydroxylation sites is 2. The molecule has 0 aliphatic carbocycles. The fourth-order valence-corrected chi connectivity index (χ4v) is 9.28. The first kappa shape index (κ1) is 33.6. The van der Waals surface area contributed by atoms with E-state index in [0.29, 0.717) is 17.6 Å². The predicted octanol–water partition coefficient (Wildman–Crippen LogP) is 14.6. The van der Waals surface area contributed by atoms with Gasteiger partial charge in [0.05, 0.1) is 16.4 Å². The molecule has 0 bridgehead atoms. The number of benzene rings is 9. The number of hydrogen-bond donors (Lipinski definition) is 0. The van der Waals surface area contributed by atoms with Crippen LogP contribution in [-0.4, -0.2) is 19.5 Å². The Kier molecular flexibility index (Phi) is 7.21. The minimum absolute atomic E-state index is 0.532. The van der Waals surface area contributed by atoms with Crippen molar-refractivity contribution < 1.29 is 8.83 Å². The van der Waals surface area contributed by atoms with Gasteiger partial charge in [-0.25, -0.2) is 4.98 Å². The number of aromatic nitrogens is 4. The second-order valence-corrected chi connectivity index (χ2v) is 15.5. The molecule has 13 rings (SSSR count). The Labute approximate surface area is 348 Å². The molecule has 284 valence electrons. The molecular weight excluding hydrogens is 749 g/mol. The molecule has 0 aliphatic rings. The summed E-state index contributed by atoms with van der Waals surface area (Å²) in [5.41, 5.74) is 11.5. The van der Waals surface area contributed by atoms with E-state index in [1.54, 1.807) is 0 Å². The first-order valence-corrected chi connectivity index (χ1v) is 20.4. The van der Waals surface area contributed by atoms with Crippen LogP contribution in [0.15, 0.2) is 203 Å². The molecule has 0 saturated carbocycles. The van der Waals surface area contributed by atoms with Gasteiger partial charge in [0.1, 0.15) is 22.3 Å². The molecule has 6 nitrogen and oxygen atoms in total. The monoisotopic (exact) mass is 780 g/mol. The lowest BCUT2D eigenvalue weighted by Gasteiger charge is -2.11. The van der Waals surface area contributed by atoms with Crippen molar-refractivity contribution in [3.63, 3.8) is 0 Å². The molecule has 9 aromatic carbocycles. The third kappa shape index (κ3) is 5.19. The Morgan fingerprint density at radius 1 is 0.328 bits per heavy atom. The predicted molar refractivity (Wildman–Crippen MR) is 248 cm³/mol. The normalized spacial score (nSPS) is 11.9. The standard InChI is InChI=1S/C55H32N4O2/c1-3-14-33(15-4-1)35-18-13-19-37(30-35)54-56-53(34-16-5-2-6-17-34)57-55(58-54)59-45-24-11-9-23-42(45)51-46(59)29-28-43-50-41-22-8-7-20-38(41)44(32-49(50)61-52(43)51)36-26-27-40-39-21-10-12-25-47(39)60-48(40)31-36/h1-32H. The number of fused-ring (bicyclic) bond motifs is 12.